The molecule has 0 bridgehead atoms. The van der Waals surface area contributed by atoms with Crippen LogP contribution in [0.1, 0.15) is 32.1 Å². The van der Waals surface area contributed by atoms with Crippen LogP contribution < -0.4 is 0 Å². The maximum absolute atomic E-state index is 8.69. The summed E-state index contributed by atoms with van der Waals surface area (Å²) in [5.41, 5.74) is 0. The van der Waals surface area contributed by atoms with Crippen LogP contribution in [0, 0.1) is 28.6 Å². The van der Waals surface area contributed by atoms with E-state index >= 15 is 0 Å². The highest BCUT2D eigenvalue weighted by Crippen LogP contribution is 2.06. The van der Waals surface area contributed by atoms with E-state index in [-0.39, 0.29) is 12.3 Å². The van der Waals surface area contributed by atoms with Gasteiger partial charge < -0.3 is 0 Å². The third-order valence-corrected chi connectivity index (χ3v) is 2.11. The maximum Gasteiger partial charge on any atom is 0.0773 e. The Balaban J connectivity index is 3.54. The summed E-state index contributed by atoms with van der Waals surface area (Å²) in [5.74, 6) is -0.245. The normalized spacial score (nSPS) is 12.4. The van der Waals surface area contributed by atoms with Crippen LogP contribution in [0.15, 0.2) is 37.0 Å². The van der Waals surface area contributed by atoms with Crippen molar-refractivity contribution in [2.24, 2.45) is 5.92 Å². The monoisotopic (exact) mass is 214 g/mol. The predicted molar refractivity (Wildman–Crippen MR) is 66.3 cm³/mol. The molecular weight excluding hydrogens is 196 g/mol. The fraction of sp³-hybridized carbons (Fsp3) is 0.429. The first-order valence-corrected chi connectivity index (χ1v) is 5.56. The van der Waals surface area contributed by atoms with Gasteiger partial charge in [-0.15, -0.1) is 0 Å². The average Bonchev–Trinajstić information content (AvgIpc) is 2.31. The van der Waals surface area contributed by atoms with Gasteiger partial charge in [-0.05, 0) is 25.7 Å². The molecule has 2 nitrogen and oxygen atoms in total. The van der Waals surface area contributed by atoms with E-state index in [0.717, 1.165) is 25.7 Å². The Morgan fingerprint density at radius 3 is 2.38 bits per heavy atom. The second kappa shape index (κ2) is 11.3. The summed E-state index contributed by atoms with van der Waals surface area (Å²) in [7, 11) is 0. The van der Waals surface area contributed by atoms with Crippen LogP contribution >= 0.6 is 0 Å². The predicted octanol–water partition coefficient (Wildman–Crippen LogP) is 3.90. The quantitative estimate of drug-likeness (QED) is 0.349. The van der Waals surface area contributed by atoms with Crippen molar-refractivity contribution in [3.8, 4) is 12.1 Å². The molecule has 16 heavy (non-hydrogen) atoms. The molecule has 0 heterocycles. The topological polar surface area (TPSA) is 47.6 Å². The molecule has 0 N–H and O–H groups in total. The van der Waals surface area contributed by atoms with E-state index in [4.69, 9.17) is 10.5 Å². The molecule has 84 valence electrons. The SMILES string of the molecule is C=C/C=C\CCCC/C=C/C(C#N)CC#N. The van der Waals surface area contributed by atoms with E-state index in [1.807, 2.05) is 24.3 Å². The first kappa shape index (κ1) is 14.2. The second-order valence-electron chi connectivity index (χ2n) is 3.47. The molecule has 0 amide bonds. The Morgan fingerprint density at radius 2 is 1.81 bits per heavy atom. The van der Waals surface area contributed by atoms with E-state index in [2.05, 4.69) is 18.7 Å². The second-order valence-corrected chi connectivity index (χ2v) is 3.47. The van der Waals surface area contributed by atoms with Crippen LogP contribution in [0.25, 0.3) is 0 Å². The molecule has 0 rings (SSSR count). The average molecular weight is 214 g/mol. The summed E-state index contributed by atoms with van der Waals surface area (Å²) in [6.45, 7) is 3.60. The van der Waals surface area contributed by atoms with Gasteiger partial charge in [0.2, 0.25) is 0 Å². The van der Waals surface area contributed by atoms with Gasteiger partial charge in [-0.1, -0.05) is 37.0 Å². The van der Waals surface area contributed by atoms with Gasteiger partial charge in [0.15, 0.2) is 0 Å². The summed E-state index contributed by atoms with van der Waals surface area (Å²) in [6.07, 6.45) is 14.3. The molecule has 0 aromatic rings. The largest absolute Gasteiger partial charge is 0.198 e. The van der Waals surface area contributed by atoms with Gasteiger partial charge in [0.25, 0.3) is 0 Å². The molecule has 0 aromatic carbocycles. The van der Waals surface area contributed by atoms with E-state index in [1.165, 1.54) is 0 Å². The number of allylic oxidation sites excluding steroid dienone is 5. The highest BCUT2D eigenvalue weighted by Gasteiger charge is 1.99. The van der Waals surface area contributed by atoms with E-state index in [9.17, 15) is 0 Å². The fourth-order valence-corrected chi connectivity index (χ4v) is 1.23. The molecule has 0 radical (unpaired) electrons. The lowest BCUT2D eigenvalue weighted by Crippen LogP contribution is -1.88. The van der Waals surface area contributed by atoms with Crippen molar-refractivity contribution in [2.45, 2.75) is 32.1 Å². The molecule has 1 unspecified atom stereocenters. The Labute approximate surface area is 98.2 Å². The maximum atomic E-state index is 8.69. The summed E-state index contributed by atoms with van der Waals surface area (Å²) in [5, 5.41) is 17.1. The molecule has 2 heteroatoms. The molecule has 1 atom stereocenters. The van der Waals surface area contributed by atoms with Crippen molar-refractivity contribution < 1.29 is 0 Å². The van der Waals surface area contributed by atoms with Crippen LogP contribution in [0.3, 0.4) is 0 Å². The number of nitriles is 2. The minimum absolute atomic E-state index is 0.245. The Hall–Kier alpha value is -1.80. The van der Waals surface area contributed by atoms with Crippen LogP contribution in [0.5, 0.6) is 0 Å². The zero-order valence-corrected chi connectivity index (χ0v) is 9.60. The summed E-state index contributed by atoms with van der Waals surface area (Å²) < 4.78 is 0. The molecule has 0 aliphatic heterocycles. The zero-order valence-electron chi connectivity index (χ0n) is 9.60. The molecule has 0 aromatic heterocycles. The van der Waals surface area contributed by atoms with Crippen LogP contribution in [-0.2, 0) is 0 Å². The van der Waals surface area contributed by atoms with Gasteiger partial charge in [-0.3, -0.25) is 0 Å². The molecule has 0 saturated carbocycles. The standard InChI is InChI=1S/C14H18N2/c1-2-3-4-5-6-7-8-9-10-14(13-16)11-12-15/h2-4,9-10,14H,1,5-8,11H2/b4-3-,10-9+. The fourth-order valence-electron chi connectivity index (χ4n) is 1.23. The summed E-state index contributed by atoms with van der Waals surface area (Å²) in [4.78, 5) is 0. The Kier molecular flexibility index (Phi) is 10.0. The Morgan fingerprint density at radius 1 is 1.12 bits per heavy atom. The molecule has 0 aliphatic carbocycles. The molecule has 0 saturated heterocycles. The minimum atomic E-state index is -0.245. The van der Waals surface area contributed by atoms with E-state index in [0.29, 0.717) is 0 Å². The van der Waals surface area contributed by atoms with E-state index < -0.39 is 0 Å². The van der Waals surface area contributed by atoms with Crippen molar-refractivity contribution >= 4 is 0 Å². The molecule has 0 aliphatic rings. The molecule has 0 fully saturated rings. The highest BCUT2D eigenvalue weighted by atomic mass is 14.3. The van der Waals surface area contributed by atoms with Gasteiger partial charge in [0.05, 0.1) is 24.5 Å². The van der Waals surface area contributed by atoms with Gasteiger partial charge in [0.1, 0.15) is 0 Å². The van der Waals surface area contributed by atoms with Crippen molar-refractivity contribution in [2.75, 3.05) is 0 Å². The Bertz CT molecular complexity index is 313. The van der Waals surface area contributed by atoms with Crippen LogP contribution in [0.2, 0.25) is 0 Å². The number of rotatable bonds is 8. The third kappa shape index (κ3) is 8.78. The lowest BCUT2D eigenvalue weighted by atomic mass is 10.1. The van der Waals surface area contributed by atoms with Gasteiger partial charge >= 0.3 is 0 Å². The number of unbranched alkanes of at least 4 members (excludes halogenated alkanes) is 3. The van der Waals surface area contributed by atoms with E-state index in [1.54, 1.807) is 6.08 Å². The van der Waals surface area contributed by atoms with Crippen molar-refractivity contribution in [1.29, 1.82) is 10.5 Å². The van der Waals surface area contributed by atoms with Crippen molar-refractivity contribution in [1.82, 2.24) is 0 Å². The van der Waals surface area contributed by atoms with Crippen molar-refractivity contribution in [3.05, 3.63) is 37.0 Å². The highest BCUT2D eigenvalue weighted by molar-refractivity contribution is 5.03. The molecular formula is C14H18N2. The number of hydrogen-bond donors (Lipinski definition) is 0. The smallest absolute Gasteiger partial charge is 0.0773 e. The lowest BCUT2D eigenvalue weighted by molar-refractivity contribution is 0.755. The summed E-state index contributed by atoms with van der Waals surface area (Å²) >= 11 is 0. The third-order valence-electron chi connectivity index (χ3n) is 2.11. The van der Waals surface area contributed by atoms with Crippen LogP contribution in [-0.4, -0.2) is 0 Å². The van der Waals surface area contributed by atoms with Gasteiger partial charge in [0, 0.05) is 0 Å². The first-order valence-electron chi connectivity index (χ1n) is 5.56. The molecule has 0 spiro atoms. The van der Waals surface area contributed by atoms with Crippen molar-refractivity contribution in [3.63, 3.8) is 0 Å². The van der Waals surface area contributed by atoms with Gasteiger partial charge in [-0.2, -0.15) is 10.5 Å². The zero-order chi connectivity index (χ0) is 12.1. The number of nitrogens with zero attached hydrogens (tertiary/aromatic N) is 2. The van der Waals surface area contributed by atoms with Gasteiger partial charge in [-0.25, -0.2) is 0 Å². The number of hydrogen-bond acceptors (Lipinski definition) is 2. The lowest BCUT2D eigenvalue weighted by Gasteiger charge is -1.95. The summed E-state index contributed by atoms with van der Waals surface area (Å²) in [6, 6.07) is 4.09. The van der Waals surface area contributed by atoms with Crippen LogP contribution in [0.4, 0.5) is 0 Å². The first-order chi connectivity index (χ1) is 7.85. The minimum Gasteiger partial charge on any atom is -0.198 e.